The van der Waals surface area contributed by atoms with Crippen molar-refractivity contribution in [1.82, 2.24) is 0 Å². The summed E-state index contributed by atoms with van der Waals surface area (Å²) < 4.78 is 30.6. The Bertz CT molecular complexity index is 709. The number of benzene rings is 1. The molecule has 0 amide bonds. The number of hydrogen-bond acceptors (Lipinski definition) is 0. The van der Waals surface area contributed by atoms with Crippen molar-refractivity contribution >= 4 is 0 Å². The van der Waals surface area contributed by atoms with Gasteiger partial charge >= 0.3 is 0 Å². The van der Waals surface area contributed by atoms with Gasteiger partial charge in [0.25, 0.3) is 0 Å². The first-order chi connectivity index (χ1) is 14.6. The Morgan fingerprint density at radius 2 is 1.67 bits per heavy atom. The Hall–Kier alpha value is -0.920. The first-order valence-electron chi connectivity index (χ1n) is 13.1. The number of fused-ring (bicyclic) bond motifs is 2. The molecular formula is C28H42F2. The Balaban J connectivity index is 1.40. The molecule has 0 aliphatic heterocycles. The third-order valence-corrected chi connectivity index (χ3v) is 8.93. The number of unbranched alkanes of at least 4 members (excludes halogenated alkanes) is 3. The summed E-state index contributed by atoms with van der Waals surface area (Å²) in [5.41, 5.74) is 2.24. The highest BCUT2D eigenvalue weighted by molar-refractivity contribution is 5.39. The molecule has 5 atom stereocenters. The molecule has 0 radical (unpaired) electrons. The van der Waals surface area contributed by atoms with Crippen molar-refractivity contribution in [2.45, 2.75) is 116 Å². The topological polar surface area (TPSA) is 0 Å². The zero-order valence-corrected chi connectivity index (χ0v) is 19.3. The highest BCUT2D eigenvalue weighted by atomic mass is 19.1. The molecule has 5 unspecified atom stereocenters. The van der Waals surface area contributed by atoms with Gasteiger partial charge in [-0.15, -0.1) is 0 Å². The van der Waals surface area contributed by atoms with Crippen LogP contribution < -0.4 is 0 Å². The van der Waals surface area contributed by atoms with Crippen molar-refractivity contribution in [2.75, 3.05) is 0 Å². The monoisotopic (exact) mass is 416 g/mol. The largest absolute Gasteiger partial charge is 0.207 e. The summed E-state index contributed by atoms with van der Waals surface area (Å²) in [6.07, 6.45) is 17.8. The summed E-state index contributed by atoms with van der Waals surface area (Å²) in [6.45, 7) is 4.47. The van der Waals surface area contributed by atoms with Crippen molar-refractivity contribution in [1.29, 1.82) is 0 Å². The summed E-state index contributed by atoms with van der Waals surface area (Å²) in [6, 6.07) is 1.70. The SMILES string of the molecule is CCCCCCC1CCC2CC(c3c(F)cc4c(c3F)CCC(CC)C4)CCC2C1. The van der Waals surface area contributed by atoms with Crippen LogP contribution in [0.1, 0.15) is 120 Å². The minimum atomic E-state index is -0.254. The van der Waals surface area contributed by atoms with Crippen LogP contribution in [0.5, 0.6) is 0 Å². The molecule has 0 N–H and O–H groups in total. The molecule has 3 aliphatic rings. The second-order valence-electron chi connectivity index (χ2n) is 10.8. The molecule has 0 nitrogen and oxygen atoms in total. The van der Waals surface area contributed by atoms with Crippen LogP contribution in [0.15, 0.2) is 6.07 Å². The minimum absolute atomic E-state index is 0.0987. The molecule has 1 aromatic carbocycles. The molecule has 30 heavy (non-hydrogen) atoms. The van der Waals surface area contributed by atoms with Gasteiger partial charge in [-0.2, -0.15) is 0 Å². The van der Waals surface area contributed by atoms with Crippen molar-refractivity contribution in [2.24, 2.45) is 23.7 Å². The average molecular weight is 417 g/mol. The van der Waals surface area contributed by atoms with Crippen LogP contribution in [0.25, 0.3) is 0 Å². The van der Waals surface area contributed by atoms with Crippen molar-refractivity contribution in [3.8, 4) is 0 Å². The van der Waals surface area contributed by atoms with Gasteiger partial charge in [0.15, 0.2) is 0 Å². The summed E-state index contributed by atoms with van der Waals surface area (Å²) in [5, 5.41) is 0. The van der Waals surface area contributed by atoms with Crippen LogP contribution in [0, 0.1) is 35.3 Å². The number of hydrogen-bond donors (Lipinski definition) is 0. The Morgan fingerprint density at radius 1 is 0.867 bits per heavy atom. The zero-order chi connectivity index (χ0) is 21.1. The highest BCUT2D eigenvalue weighted by Crippen LogP contribution is 2.49. The molecule has 2 fully saturated rings. The van der Waals surface area contributed by atoms with Crippen LogP contribution >= 0.6 is 0 Å². The molecule has 0 aromatic heterocycles. The third-order valence-electron chi connectivity index (χ3n) is 8.93. The highest BCUT2D eigenvalue weighted by Gasteiger charge is 2.38. The molecular weight excluding hydrogens is 374 g/mol. The fraction of sp³-hybridized carbons (Fsp3) is 0.786. The van der Waals surface area contributed by atoms with E-state index in [4.69, 9.17) is 0 Å². The van der Waals surface area contributed by atoms with Crippen LogP contribution in [-0.2, 0) is 12.8 Å². The molecule has 0 heterocycles. The van der Waals surface area contributed by atoms with Gasteiger partial charge in [0.1, 0.15) is 11.6 Å². The second-order valence-corrected chi connectivity index (χ2v) is 10.8. The summed E-state index contributed by atoms with van der Waals surface area (Å²) in [4.78, 5) is 0. The van der Waals surface area contributed by atoms with Gasteiger partial charge in [-0.3, -0.25) is 0 Å². The molecule has 4 rings (SSSR count). The molecule has 0 bridgehead atoms. The first kappa shape index (κ1) is 22.3. The average Bonchev–Trinajstić information content (AvgIpc) is 2.76. The van der Waals surface area contributed by atoms with Gasteiger partial charge in [-0.1, -0.05) is 58.8 Å². The van der Waals surface area contributed by atoms with Crippen molar-refractivity contribution in [3.63, 3.8) is 0 Å². The lowest BCUT2D eigenvalue weighted by Crippen LogP contribution is -2.31. The van der Waals surface area contributed by atoms with E-state index in [0.717, 1.165) is 61.5 Å². The van der Waals surface area contributed by atoms with Crippen LogP contribution in [-0.4, -0.2) is 0 Å². The lowest BCUT2D eigenvalue weighted by atomic mass is 9.63. The Labute approximate surface area is 183 Å². The fourth-order valence-corrected chi connectivity index (χ4v) is 7.03. The van der Waals surface area contributed by atoms with Crippen LogP contribution in [0.4, 0.5) is 8.78 Å². The summed E-state index contributed by atoms with van der Waals surface area (Å²) >= 11 is 0. The quantitative estimate of drug-likeness (QED) is 0.390. The van der Waals surface area contributed by atoms with Gasteiger partial charge in [-0.25, -0.2) is 8.78 Å². The van der Waals surface area contributed by atoms with E-state index in [1.807, 2.05) is 0 Å². The predicted molar refractivity (Wildman–Crippen MR) is 122 cm³/mol. The van der Waals surface area contributed by atoms with Crippen LogP contribution in [0.3, 0.4) is 0 Å². The molecule has 2 heteroatoms. The van der Waals surface area contributed by atoms with E-state index < -0.39 is 0 Å². The Kier molecular flexibility index (Phi) is 7.53. The molecule has 0 spiro atoms. The number of halogens is 2. The van der Waals surface area contributed by atoms with E-state index in [9.17, 15) is 0 Å². The smallest absolute Gasteiger partial charge is 0.133 e. The van der Waals surface area contributed by atoms with E-state index in [1.54, 1.807) is 6.07 Å². The fourth-order valence-electron chi connectivity index (χ4n) is 7.03. The summed E-state index contributed by atoms with van der Waals surface area (Å²) in [5.74, 6) is 2.67. The van der Waals surface area contributed by atoms with E-state index >= 15 is 8.78 Å². The maximum absolute atomic E-state index is 15.5. The lowest BCUT2D eigenvalue weighted by molar-refractivity contribution is 0.111. The van der Waals surface area contributed by atoms with Gasteiger partial charge in [0.2, 0.25) is 0 Å². The normalized spacial score (nSPS) is 31.3. The first-order valence-corrected chi connectivity index (χ1v) is 13.1. The Morgan fingerprint density at radius 3 is 2.47 bits per heavy atom. The second kappa shape index (κ2) is 10.1. The lowest BCUT2D eigenvalue weighted by Gasteiger charge is -2.42. The maximum Gasteiger partial charge on any atom is 0.133 e. The van der Waals surface area contributed by atoms with Crippen LogP contribution in [0.2, 0.25) is 0 Å². The third kappa shape index (κ3) is 4.78. The molecule has 0 saturated heterocycles. The van der Waals surface area contributed by atoms with E-state index in [1.165, 1.54) is 57.8 Å². The van der Waals surface area contributed by atoms with Crippen molar-refractivity contribution in [3.05, 3.63) is 34.4 Å². The predicted octanol–water partition coefficient (Wildman–Crippen LogP) is 8.75. The van der Waals surface area contributed by atoms with Gasteiger partial charge in [0, 0.05) is 5.56 Å². The van der Waals surface area contributed by atoms with E-state index in [2.05, 4.69) is 13.8 Å². The van der Waals surface area contributed by atoms with Gasteiger partial charge < -0.3 is 0 Å². The standard InChI is InChI=1S/C28H42F2/c1-3-5-6-7-8-20-9-11-22-17-23(13-12-21(22)16-20)27-26(29)18-24-15-19(4-2)10-14-25(24)28(27)30/h18-23H,3-17H2,1-2H3. The van der Waals surface area contributed by atoms with Gasteiger partial charge in [-0.05, 0) is 98.1 Å². The molecule has 168 valence electrons. The van der Waals surface area contributed by atoms with Crippen molar-refractivity contribution < 1.29 is 8.78 Å². The van der Waals surface area contributed by atoms with E-state index in [-0.39, 0.29) is 17.6 Å². The summed E-state index contributed by atoms with van der Waals surface area (Å²) in [7, 11) is 0. The number of rotatable bonds is 7. The maximum atomic E-state index is 15.5. The molecule has 2 saturated carbocycles. The molecule has 3 aliphatic carbocycles. The molecule has 1 aromatic rings. The van der Waals surface area contributed by atoms with Gasteiger partial charge in [0.05, 0.1) is 0 Å². The van der Waals surface area contributed by atoms with E-state index in [0.29, 0.717) is 17.4 Å². The minimum Gasteiger partial charge on any atom is -0.207 e. The zero-order valence-electron chi connectivity index (χ0n) is 19.3.